The molecule has 0 bridgehead atoms. The van der Waals surface area contributed by atoms with E-state index in [0.717, 1.165) is 28.7 Å². The van der Waals surface area contributed by atoms with Crippen LogP contribution in [-0.4, -0.2) is 106 Å². The zero-order valence-electron chi connectivity index (χ0n) is 24.5. The van der Waals surface area contributed by atoms with Gasteiger partial charge in [-0.05, 0) is 72.7 Å². The molecular weight excluding hydrogens is 534 g/mol. The van der Waals surface area contributed by atoms with Crippen molar-refractivity contribution in [2.45, 2.75) is 43.7 Å². The lowest BCUT2D eigenvalue weighted by atomic mass is 9.72. The van der Waals surface area contributed by atoms with Crippen molar-refractivity contribution in [3.63, 3.8) is 0 Å². The molecule has 1 saturated heterocycles. The van der Waals surface area contributed by atoms with Gasteiger partial charge in [0.1, 0.15) is 6.04 Å². The predicted molar refractivity (Wildman–Crippen MR) is 154 cm³/mol. The SMILES string of the molecule is C[C@H](CC1(c2nn[nH]n2)c2ccc(C(=O)N(C)C)cc2-c2cc(C(=O)N(C)C)ccc21)NCC(=O)N1CCC[C@H]1C#N. The Labute approximate surface area is 244 Å². The van der Waals surface area contributed by atoms with E-state index in [4.69, 9.17) is 0 Å². The molecule has 1 aliphatic carbocycles. The Hall–Kier alpha value is -4.63. The summed E-state index contributed by atoms with van der Waals surface area (Å²) in [6, 6.07) is 12.8. The molecule has 0 spiro atoms. The zero-order valence-corrected chi connectivity index (χ0v) is 24.5. The van der Waals surface area contributed by atoms with Crippen molar-refractivity contribution in [1.82, 2.24) is 40.6 Å². The molecule has 2 aliphatic rings. The summed E-state index contributed by atoms with van der Waals surface area (Å²) < 4.78 is 0. The summed E-state index contributed by atoms with van der Waals surface area (Å²) in [7, 11) is 6.82. The summed E-state index contributed by atoms with van der Waals surface area (Å²) in [6.45, 7) is 2.67. The number of hydrogen-bond donors (Lipinski definition) is 2. The maximum absolute atomic E-state index is 13.0. The van der Waals surface area contributed by atoms with Gasteiger partial charge in [0.2, 0.25) is 5.91 Å². The van der Waals surface area contributed by atoms with Crippen molar-refractivity contribution in [3.05, 3.63) is 64.5 Å². The minimum atomic E-state index is -0.880. The fourth-order valence-corrected chi connectivity index (χ4v) is 6.19. The van der Waals surface area contributed by atoms with E-state index in [0.29, 0.717) is 36.3 Å². The molecule has 0 saturated carbocycles. The van der Waals surface area contributed by atoms with Crippen LogP contribution in [0.5, 0.6) is 0 Å². The highest BCUT2D eigenvalue weighted by atomic mass is 16.2. The molecule has 2 heterocycles. The first-order valence-electron chi connectivity index (χ1n) is 14.0. The van der Waals surface area contributed by atoms with Crippen molar-refractivity contribution < 1.29 is 14.4 Å². The Morgan fingerprint density at radius 3 is 2.17 bits per heavy atom. The van der Waals surface area contributed by atoms with Crippen LogP contribution >= 0.6 is 0 Å². The summed E-state index contributed by atoms with van der Waals surface area (Å²) >= 11 is 0. The number of tetrazole rings is 1. The van der Waals surface area contributed by atoms with Gasteiger partial charge < -0.3 is 20.0 Å². The van der Waals surface area contributed by atoms with Crippen molar-refractivity contribution in [2.75, 3.05) is 41.3 Å². The van der Waals surface area contributed by atoms with E-state index in [1.165, 1.54) is 9.80 Å². The first-order valence-corrected chi connectivity index (χ1v) is 14.0. The van der Waals surface area contributed by atoms with Gasteiger partial charge in [-0.15, -0.1) is 10.2 Å². The van der Waals surface area contributed by atoms with Crippen LogP contribution in [0.15, 0.2) is 36.4 Å². The fourth-order valence-electron chi connectivity index (χ4n) is 6.19. The van der Waals surface area contributed by atoms with E-state index in [2.05, 4.69) is 32.0 Å². The molecule has 2 aromatic carbocycles. The lowest BCUT2D eigenvalue weighted by molar-refractivity contribution is -0.130. The van der Waals surface area contributed by atoms with Crippen LogP contribution in [0.3, 0.4) is 0 Å². The molecule has 1 aromatic heterocycles. The van der Waals surface area contributed by atoms with Gasteiger partial charge >= 0.3 is 0 Å². The monoisotopic (exact) mass is 569 g/mol. The van der Waals surface area contributed by atoms with Crippen LogP contribution in [0.25, 0.3) is 11.1 Å². The number of fused-ring (bicyclic) bond motifs is 3. The van der Waals surface area contributed by atoms with Crippen molar-refractivity contribution in [2.24, 2.45) is 0 Å². The lowest BCUT2D eigenvalue weighted by Gasteiger charge is -2.32. The molecule has 1 aliphatic heterocycles. The number of nitrogens with one attached hydrogen (secondary N) is 2. The third-order valence-corrected chi connectivity index (χ3v) is 8.22. The second-order valence-electron chi connectivity index (χ2n) is 11.4. The number of carbonyl (C=O) groups is 3. The number of H-pyrrole nitrogens is 1. The molecule has 0 radical (unpaired) electrons. The second-order valence-corrected chi connectivity index (χ2v) is 11.4. The second kappa shape index (κ2) is 11.3. The topological polar surface area (TPSA) is 151 Å². The number of aromatic amines is 1. The molecule has 42 heavy (non-hydrogen) atoms. The Morgan fingerprint density at radius 2 is 1.67 bits per heavy atom. The van der Waals surface area contributed by atoms with Crippen LogP contribution in [0, 0.1) is 11.3 Å². The molecule has 3 amide bonds. The van der Waals surface area contributed by atoms with Gasteiger partial charge in [-0.2, -0.15) is 10.5 Å². The molecule has 1 fully saturated rings. The maximum Gasteiger partial charge on any atom is 0.253 e. The molecule has 2 N–H and O–H groups in total. The summed E-state index contributed by atoms with van der Waals surface area (Å²) in [6.07, 6.45) is 1.98. The third kappa shape index (κ3) is 4.90. The van der Waals surface area contributed by atoms with Gasteiger partial charge in [-0.3, -0.25) is 14.4 Å². The molecule has 5 rings (SSSR count). The smallest absolute Gasteiger partial charge is 0.253 e. The molecule has 12 heteroatoms. The minimum Gasteiger partial charge on any atom is -0.345 e. The average molecular weight is 570 g/mol. The number of benzene rings is 2. The van der Waals surface area contributed by atoms with E-state index in [1.807, 2.05) is 31.2 Å². The number of hydrogen-bond acceptors (Lipinski definition) is 8. The molecular formula is C30H35N9O3. The molecule has 2 atom stereocenters. The highest BCUT2D eigenvalue weighted by molar-refractivity contribution is 5.99. The minimum absolute atomic E-state index is 0.0912. The number of rotatable bonds is 8. The third-order valence-electron chi connectivity index (χ3n) is 8.22. The predicted octanol–water partition coefficient (Wildman–Crippen LogP) is 1.80. The molecule has 12 nitrogen and oxygen atoms in total. The highest BCUT2D eigenvalue weighted by Crippen LogP contribution is 2.54. The molecule has 3 aromatic rings. The normalized spacial score (nSPS) is 17.2. The standard InChI is InChI=1S/C30H35N9O3/c1-18(32-17-26(40)39-12-6-7-21(39)16-31)15-30(29-33-35-36-34-29)24-10-8-19(27(41)37(2)3)13-22(24)23-14-20(9-11-25(23)30)28(42)38(4)5/h8-11,13-14,18,21,32H,6-7,12,15,17H2,1-5H3,(H,33,34,35,36)/t18-,21+/m1/s1. The van der Waals surface area contributed by atoms with Crippen molar-refractivity contribution in [1.29, 1.82) is 5.26 Å². The summed E-state index contributed by atoms with van der Waals surface area (Å²) in [4.78, 5) is 43.6. The van der Waals surface area contributed by atoms with Gasteiger partial charge in [0.05, 0.1) is 18.0 Å². The quantitative estimate of drug-likeness (QED) is 0.417. The zero-order chi connectivity index (χ0) is 30.2. The van der Waals surface area contributed by atoms with Crippen LogP contribution in [0.4, 0.5) is 0 Å². The first-order chi connectivity index (χ1) is 20.1. The largest absolute Gasteiger partial charge is 0.345 e. The number of nitriles is 1. The number of aromatic nitrogens is 4. The fraction of sp³-hybridized carbons (Fsp3) is 0.433. The Morgan fingerprint density at radius 1 is 1.07 bits per heavy atom. The highest BCUT2D eigenvalue weighted by Gasteiger charge is 2.49. The van der Waals surface area contributed by atoms with Gasteiger partial charge in [0.25, 0.3) is 11.8 Å². The van der Waals surface area contributed by atoms with E-state index >= 15 is 0 Å². The Bertz CT molecular complexity index is 1490. The average Bonchev–Trinajstić information content (AvgIpc) is 3.74. The number of amides is 3. The van der Waals surface area contributed by atoms with Crippen LogP contribution in [-0.2, 0) is 10.2 Å². The summed E-state index contributed by atoms with van der Waals surface area (Å²) in [5.74, 6) is 0.0708. The van der Waals surface area contributed by atoms with Crippen molar-refractivity contribution in [3.8, 4) is 17.2 Å². The summed E-state index contributed by atoms with van der Waals surface area (Å²) in [5, 5.41) is 28.1. The maximum atomic E-state index is 13.0. The number of nitrogens with zero attached hydrogens (tertiary/aromatic N) is 7. The van der Waals surface area contributed by atoms with E-state index < -0.39 is 5.41 Å². The lowest BCUT2D eigenvalue weighted by Crippen LogP contribution is -2.45. The first kappa shape index (κ1) is 28.9. The molecule has 0 unspecified atom stereocenters. The van der Waals surface area contributed by atoms with Crippen molar-refractivity contribution >= 4 is 17.7 Å². The van der Waals surface area contributed by atoms with Crippen LogP contribution in [0.2, 0.25) is 0 Å². The summed E-state index contributed by atoms with van der Waals surface area (Å²) in [5.41, 5.74) is 3.55. The number of likely N-dealkylation sites (tertiary alicyclic amines) is 1. The van der Waals surface area contributed by atoms with E-state index in [-0.39, 0.29) is 36.3 Å². The van der Waals surface area contributed by atoms with E-state index in [1.54, 1.807) is 45.2 Å². The van der Waals surface area contributed by atoms with Crippen LogP contribution < -0.4 is 5.32 Å². The molecule has 218 valence electrons. The van der Waals surface area contributed by atoms with Gasteiger partial charge in [-0.1, -0.05) is 17.3 Å². The van der Waals surface area contributed by atoms with Crippen LogP contribution in [0.1, 0.15) is 63.9 Å². The van der Waals surface area contributed by atoms with E-state index in [9.17, 15) is 19.6 Å². The van der Waals surface area contributed by atoms with Gasteiger partial charge in [0.15, 0.2) is 5.82 Å². The Kier molecular flexibility index (Phi) is 7.79. The van der Waals surface area contributed by atoms with Gasteiger partial charge in [-0.25, -0.2) is 0 Å². The van der Waals surface area contributed by atoms with Gasteiger partial charge in [0, 0.05) is 51.9 Å². The number of carbonyl (C=O) groups excluding carboxylic acids is 3. The Balaban J connectivity index is 1.58.